The number of furan rings is 1. The standard InChI is InChI=1S/C14H24O3Si/c1-11(15)7-13-8-12(9-16-13)10-17-18(5,6)14(2,3)4/h8-9H,7,10H2,1-6H3. The maximum atomic E-state index is 11.0. The molecule has 0 aromatic carbocycles. The molecular weight excluding hydrogens is 244 g/mol. The highest BCUT2D eigenvalue weighted by molar-refractivity contribution is 6.74. The van der Waals surface area contributed by atoms with Gasteiger partial charge in [0.25, 0.3) is 0 Å². The van der Waals surface area contributed by atoms with Gasteiger partial charge < -0.3 is 8.84 Å². The quantitative estimate of drug-likeness (QED) is 0.759. The lowest BCUT2D eigenvalue weighted by Crippen LogP contribution is -2.40. The maximum Gasteiger partial charge on any atom is 0.192 e. The van der Waals surface area contributed by atoms with Crippen molar-refractivity contribution in [3.63, 3.8) is 0 Å². The maximum absolute atomic E-state index is 11.0. The summed E-state index contributed by atoms with van der Waals surface area (Å²) in [5, 5.41) is 0.207. The Balaban J connectivity index is 2.59. The summed E-state index contributed by atoms with van der Waals surface area (Å²) in [7, 11) is -1.72. The first-order chi connectivity index (χ1) is 8.12. The lowest BCUT2D eigenvalue weighted by molar-refractivity contribution is -0.116. The normalized spacial score (nSPS) is 12.8. The SMILES string of the molecule is CC(=O)Cc1cc(CO[Si](C)(C)C(C)(C)C)co1. The smallest absolute Gasteiger partial charge is 0.192 e. The van der Waals surface area contributed by atoms with E-state index in [0.29, 0.717) is 13.0 Å². The Morgan fingerprint density at radius 1 is 1.39 bits per heavy atom. The van der Waals surface area contributed by atoms with Crippen LogP contribution in [-0.4, -0.2) is 14.1 Å². The predicted molar refractivity (Wildman–Crippen MR) is 75.1 cm³/mol. The van der Waals surface area contributed by atoms with Crippen LogP contribution in [0.5, 0.6) is 0 Å². The van der Waals surface area contributed by atoms with Crippen LogP contribution in [0.15, 0.2) is 16.7 Å². The van der Waals surface area contributed by atoms with E-state index in [1.807, 2.05) is 6.07 Å². The van der Waals surface area contributed by atoms with Crippen molar-refractivity contribution in [2.24, 2.45) is 0 Å². The molecule has 0 saturated carbocycles. The molecule has 1 rings (SSSR count). The minimum atomic E-state index is -1.72. The first kappa shape index (κ1) is 15.2. The molecule has 18 heavy (non-hydrogen) atoms. The number of hydrogen-bond acceptors (Lipinski definition) is 3. The van der Waals surface area contributed by atoms with Crippen molar-refractivity contribution in [2.75, 3.05) is 0 Å². The van der Waals surface area contributed by atoms with Crippen molar-refractivity contribution >= 4 is 14.1 Å². The van der Waals surface area contributed by atoms with Crippen molar-refractivity contribution in [3.05, 3.63) is 23.7 Å². The molecule has 0 fully saturated rings. The van der Waals surface area contributed by atoms with Gasteiger partial charge in [0, 0.05) is 5.56 Å². The third-order valence-electron chi connectivity index (χ3n) is 3.54. The van der Waals surface area contributed by atoms with Crippen molar-refractivity contribution in [1.82, 2.24) is 0 Å². The van der Waals surface area contributed by atoms with E-state index in [1.54, 1.807) is 13.2 Å². The first-order valence-electron chi connectivity index (χ1n) is 6.31. The van der Waals surface area contributed by atoms with Gasteiger partial charge in [0.15, 0.2) is 8.32 Å². The van der Waals surface area contributed by atoms with Crippen LogP contribution < -0.4 is 0 Å². The van der Waals surface area contributed by atoms with Crippen molar-refractivity contribution < 1.29 is 13.6 Å². The van der Waals surface area contributed by atoms with Gasteiger partial charge in [0.1, 0.15) is 11.5 Å². The molecule has 0 spiro atoms. The Morgan fingerprint density at radius 3 is 2.50 bits per heavy atom. The molecule has 0 aliphatic heterocycles. The highest BCUT2D eigenvalue weighted by atomic mass is 28.4. The van der Waals surface area contributed by atoms with Gasteiger partial charge in [-0.05, 0) is 31.1 Å². The molecule has 0 bridgehead atoms. The fourth-order valence-electron chi connectivity index (χ4n) is 1.32. The molecule has 4 heteroatoms. The van der Waals surface area contributed by atoms with Gasteiger partial charge in [-0.25, -0.2) is 0 Å². The molecule has 0 unspecified atom stereocenters. The van der Waals surface area contributed by atoms with E-state index in [2.05, 4.69) is 33.9 Å². The van der Waals surface area contributed by atoms with Gasteiger partial charge in [-0.15, -0.1) is 0 Å². The van der Waals surface area contributed by atoms with Gasteiger partial charge in [-0.2, -0.15) is 0 Å². The summed E-state index contributed by atoms with van der Waals surface area (Å²) in [6.45, 7) is 13.2. The lowest BCUT2D eigenvalue weighted by Gasteiger charge is -2.36. The second kappa shape index (κ2) is 5.41. The predicted octanol–water partition coefficient (Wildman–Crippen LogP) is 3.93. The summed E-state index contributed by atoms with van der Waals surface area (Å²) in [6, 6.07) is 1.91. The summed E-state index contributed by atoms with van der Waals surface area (Å²) in [4.78, 5) is 11.0. The van der Waals surface area contributed by atoms with E-state index < -0.39 is 8.32 Å². The summed E-state index contributed by atoms with van der Waals surface area (Å²) >= 11 is 0. The number of hydrogen-bond donors (Lipinski definition) is 0. The Bertz CT molecular complexity index is 413. The van der Waals surface area contributed by atoms with Crippen LogP contribution in [0.3, 0.4) is 0 Å². The molecule has 0 amide bonds. The minimum absolute atomic E-state index is 0.112. The molecule has 1 aromatic rings. The monoisotopic (exact) mass is 268 g/mol. The Hall–Kier alpha value is -0.873. The topological polar surface area (TPSA) is 39.4 Å². The molecule has 0 atom stereocenters. The summed E-state index contributed by atoms with van der Waals surface area (Å²) in [6.07, 6.45) is 2.05. The molecule has 3 nitrogen and oxygen atoms in total. The molecule has 0 aliphatic rings. The average Bonchev–Trinajstić information content (AvgIpc) is 2.60. The van der Waals surface area contributed by atoms with E-state index in [-0.39, 0.29) is 10.8 Å². The van der Waals surface area contributed by atoms with Crippen LogP contribution in [0.25, 0.3) is 0 Å². The molecule has 0 radical (unpaired) electrons. The molecule has 102 valence electrons. The number of carbonyl (C=O) groups excluding carboxylic acids is 1. The fraction of sp³-hybridized carbons (Fsp3) is 0.643. The van der Waals surface area contributed by atoms with Crippen LogP contribution in [-0.2, 0) is 22.2 Å². The number of ketones is 1. The van der Waals surface area contributed by atoms with Crippen LogP contribution in [0.1, 0.15) is 39.0 Å². The molecule has 0 saturated heterocycles. The Morgan fingerprint density at radius 2 is 2.00 bits per heavy atom. The second-order valence-electron chi connectivity index (χ2n) is 6.35. The van der Waals surface area contributed by atoms with Crippen molar-refractivity contribution in [3.8, 4) is 0 Å². The minimum Gasteiger partial charge on any atom is -0.469 e. The van der Waals surface area contributed by atoms with Crippen LogP contribution in [0, 0.1) is 0 Å². The summed E-state index contributed by atoms with van der Waals surface area (Å²) in [5.74, 6) is 0.831. The summed E-state index contributed by atoms with van der Waals surface area (Å²) < 4.78 is 11.4. The van der Waals surface area contributed by atoms with E-state index >= 15 is 0 Å². The Kier molecular flexibility index (Phi) is 4.56. The van der Waals surface area contributed by atoms with Crippen LogP contribution in [0.2, 0.25) is 18.1 Å². The van der Waals surface area contributed by atoms with Crippen LogP contribution in [0.4, 0.5) is 0 Å². The molecule has 0 aliphatic carbocycles. The zero-order chi connectivity index (χ0) is 14.0. The third kappa shape index (κ3) is 4.10. The molecule has 1 heterocycles. The van der Waals surface area contributed by atoms with Crippen molar-refractivity contribution in [2.45, 2.75) is 58.9 Å². The summed E-state index contributed by atoms with van der Waals surface area (Å²) in [5.41, 5.74) is 1.01. The van der Waals surface area contributed by atoms with Gasteiger partial charge in [0.05, 0.1) is 19.3 Å². The molecular formula is C14H24O3Si. The van der Waals surface area contributed by atoms with E-state index in [9.17, 15) is 4.79 Å². The fourth-order valence-corrected chi connectivity index (χ4v) is 2.28. The Labute approximate surface area is 111 Å². The highest BCUT2D eigenvalue weighted by Gasteiger charge is 2.37. The van der Waals surface area contributed by atoms with Gasteiger partial charge in [-0.1, -0.05) is 20.8 Å². The first-order valence-corrected chi connectivity index (χ1v) is 9.22. The highest BCUT2D eigenvalue weighted by Crippen LogP contribution is 2.37. The van der Waals surface area contributed by atoms with Gasteiger partial charge in [0.2, 0.25) is 0 Å². The molecule has 1 aromatic heterocycles. The lowest BCUT2D eigenvalue weighted by atomic mass is 10.2. The zero-order valence-corrected chi connectivity index (χ0v) is 13.3. The zero-order valence-electron chi connectivity index (χ0n) is 12.3. The van der Waals surface area contributed by atoms with E-state index in [1.165, 1.54) is 0 Å². The second-order valence-corrected chi connectivity index (χ2v) is 11.2. The van der Waals surface area contributed by atoms with Gasteiger partial charge >= 0.3 is 0 Å². The largest absolute Gasteiger partial charge is 0.469 e. The molecule has 0 N–H and O–H groups in total. The number of Topliss-reactive ketones (excluding diaryl/α,β-unsaturated/α-hetero) is 1. The van der Waals surface area contributed by atoms with Crippen LogP contribution >= 0.6 is 0 Å². The van der Waals surface area contributed by atoms with E-state index in [0.717, 1.165) is 11.3 Å². The van der Waals surface area contributed by atoms with Gasteiger partial charge in [-0.3, -0.25) is 4.79 Å². The van der Waals surface area contributed by atoms with Crippen molar-refractivity contribution in [1.29, 1.82) is 0 Å². The number of rotatable bonds is 5. The number of carbonyl (C=O) groups is 1. The average molecular weight is 268 g/mol. The third-order valence-corrected chi connectivity index (χ3v) is 8.02. The van der Waals surface area contributed by atoms with E-state index in [4.69, 9.17) is 8.84 Å².